The number of hydrogen-bond donors (Lipinski definition) is 0. The molecule has 2 aromatic carbocycles. The van der Waals surface area contributed by atoms with E-state index >= 15 is 0 Å². The molecular formula is C30H27F3N6O5S. The van der Waals surface area contributed by atoms with Crippen LogP contribution in [0.25, 0.3) is 16.8 Å². The largest absolute Gasteiger partial charge is 0.441 e. The average molecular weight is 641 g/mol. The van der Waals surface area contributed by atoms with Crippen molar-refractivity contribution >= 4 is 32.7 Å². The molecule has 2 aliphatic rings. The molecule has 1 fully saturated rings. The predicted molar refractivity (Wildman–Crippen MR) is 155 cm³/mol. The standard InChI is InChI=1S/C30H27F3N6O5S/c1-15-27(16(2)44-36-15)45(41,42)39-21-9-11-23(39)26-24(13-21)38(35-28(26)30(31,32)33)20-7-5-6-18(12-20)29(40)37(4)19-8-10-22-25(14-19)43-17(3)34-22/h5-8,10,12,14,21,23H,9,11,13H2,1-4H3. The van der Waals surface area contributed by atoms with E-state index in [1.54, 1.807) is 50.4 Å². The number of oxazole rings is 1. The van der Waals surface area contributed by atoms with Gasteiger partial charge in [-0.25, -0.2) is 18.1 Å². The molecule has 2 bridgehead atoms. The number of fused-ring (bicyclic) bond motifs is 5. The topological polar surface area (TPSA) is 128 Å². The van der Waals surface area contributed by atoms with Crippen molar-refractivity contribution in [2.24, 2.45) is 0 Å². The van der Waals surface area contributed by atoms with Crippen LogP contribution in [0.3, 0.4) is 0 Å². The molecule has 0 aliphatic carbocycles. The number of alkyl halides is 3. The molecule has 2 unspecified atom stereocenters. The van der Waals surface area contributed by atoms with E-state index in [9.17, 15) is 26.4 Å². The zero-order chi connectivity index (χ0) is 32.0. The minimum Gasteiger partial charge on any atom is -0.441 e. The van der Waals surface area contributed by atoms with E-state index < -0.39 is 39.9 Å². The number of halogens is 3. The van der Waals surface area contributed by atoms with Gasteiger partial charge in [-0.2, -0.15) is 22.6 Å². The Morgan fingerprint density at radius 2 is 1.87 bits per heavy atom. The van der Waals surface area contributed by atoms with E-state index in [2.05, 4.69) is 15.2 Å². The Labute approximate surface area is 255 Å². The third kappa shape index (κ3) is 4.55. The van der Waals surface area contributed by atoms with Crippen molar-refractivity contribution in [3.05, 3.63) is 82.3 Å². The van der Waals surface area contributed by atoms with Gasteiger partial charge in [-0.05, 0) is 57.0 Å². The molecule has 5 aromatic rings. The van der Waals surface area contributed by atoms with Gasteiger partial charge in [0.25, 0.3) is 5.91 Å². The van der Waals surface area contributed by atoms with Crippen LogP contribution in [0.15, 0.2) is 56.3 Å². The van der Waals surface area contributed by atoms with Crippen molar-refractivity contribution in [1.29, 1.82) is 0 Å². The number of anilines is 1. The summed E-state index contributed by atoms with van der Waals surface area (Å²) in [5, 5.41) is 7.75. The molecule has 3 aromatic heterocycles. The van der Waals surface area contributed by atoms with Crippen molar-refractivity contribution in [3.63, 3.8) is 0 Å². The molecule has 11 nitrogen and oxygen atoms in total. The number of benzene rings is 2. The quantitative estimate of drug-likeness (QED) is 0.240. The number of sulfonamides is 1. The summed E-state index contributed by atoms with van der Waals surface area (Å²) >= 11 is 0. The molecule has 0 N–H and O–H groups in total. The van der Waals surface area contributed by atoms with Crippen molar-refractivity contribution in [2.75, 3.05) is 11.9 Å². The number of carbonyl (C=O) groups excluding carboxylic acids is 1. The molecule has 7 rings (SSSR count). The van der Waals surface area contributed by atoms with E-state index in [1.807, 2.05) is 0 Å². The summed E-state index contributed by atoms with van der Waals surface area (Å²) in [5.41, 5.74) is 1.28. The lowest BCUT2D eigenvalue weighted by atomic mass is 9.99. The molecule has 15 heteroatoms. The number of nitrogens with zero attached hydrogens (tertiary/aromatic N) is 6. The normalized spacial score (nSPS) is 18.5. The van der Waals surface area contributed by atoms with Gasteiger partial charge in [0.2, 0.25) is 10.0 Å². The third-order valence-electron chi connectivity index (χ3n) is 8.50. The van der Waals surface area contributed by atoms with Gasteiger partial charge in [0.05, 0.1) is 17.4 Å². The Balaban J connectivity index is 1.28. The Kier molecular flexibility index (Phi) is 6.50. The van der Waals surface area contributed by atoms with Crippen molar-refractivity contribution in [3.8, 4) is 5.69 Å². The minimum absolute atomic E-state index is 0.00616. The van der Waals surface area contributed by atoms with Gasteiger partial charge in [0, 0.05) is 49.3 Å². The lowest BCUT2D eigenvalue weighted by molar-refractivity contribution is -0.142. The molecule has 2 atom stereocenters. The number of hydrogen-bond acceptors (Lipinski definition) is 8. The van der Waals surface area contributed by atoms with Gasteiger partial charge in [0.1, 0.15) is 16.1 Å². The summed E-state index contributed by atoms with van der Waals surface area (Å²) in [6, 6.07) is 9.68. The lowest BCUT2D eigenvalue weighted by Crippen LogP contribution is -2.42. The van der Waals surface area contributed by atoms with Crippen LogP contribution in [-0.4, -0.2) is 51.6 Å². The summed E-state index contributed by atoms with van der Waals surface area (Å²) < 4.78 is 84.3. The van der Waals surface area contributed by atoms with Gasteiger partial charge >= 0.3 is 6.18 Å². The fourth-order valence-electron chi connectivity index (χ4n) is 6.61. The fourth-order valence-corrected chi connectivity index (χ4v) is 8.75. The molecule has 234 valence electrons. The van der Waals surface area contributed by atoms with Crippen molar-refractivity contribution in [2.45, 2.75) is 63.2 Å². The maximum atomic E-state index is 14.5. The van der Waals surface area contributed by atoms with Crippen LogP contribution in [0.1, 0.15) is 63.5 Å². The monoisotopic (exact) mass is 640 g/mol. The predicted octanol–water partition coefficient (Wildman–Crippen LogP) is 5.67. The van der Waals surface area contributed by atoms with E-state index in [4.69, 9.17) is 8.94 Å². The van der Waals surface area contributed by atoms with Crippen molar-refractivity contribution in [1.82, 2.24) is 24.2 Å². The summed E-state index contributed by atoms with van der Waals surface area (Å²) in [5.74, 6) is 0.163. The molecule has 0 spiro atoms. The molecule has 5 heterocycles. The summed E-state index contributed by atoms with van der Waals surface area (Å²) in [6.45, 7) is 4.67. The first-order chi connectivity index (χ1) is 21.3. The highest BCUT2D eigenvalue weighted by atomic mass is 32.2. The molecule has 2 aliphatic heterocycles. The number of aromatic nitrogens is 4. The Bertz CT molecular complexity index is 2100. The van der Waals surface area contributed by atoms with Gasteiger partial charge in [0.15, 0.2) is 22.9 Å². The zero-order valence-electron chi connectivity index (χ0n) is 24.6. The highest BCUT2D eigenvalue weighted by molar-refractivity contribution is 7.89. The van der Waals surface area contributed by atoms with Gasteiger partial charge in [-0.1, -0.05) is 11.2 Å². The van der Waals surface area contributed by atoms with Gasteiger partial charge in [-0.15, -0.1) is 0 Å². The van der Waals surface area contributed by atoms with Crippen LogP contribution in [0.4, 0.5) is 18.9 Å². The highest BCUT2D eigenvalue weighted by Crippen LogP contribution is 2.51. The number of rotatable bonds is 5. The average Bonchev–Trinajstić information content (AvgIpc) is 3.74. The second kappa shape index (κ2) is 10.0. The molecule has 0 saturated carbocycles. The first-order valence-corrected chi connectivity index (χ1v) is 15.6. The number of carbonyl (C=O) groups is 1. The first kappa shape index (κ1) is 29.2. The summed E-state index contributed by atoms with van der Waals surface area (Å²) in [7, 11) is -2.64. The van der Waals surface area contributed by atoms with Crippen molar-refractivity contribution < 1.29 is 35.3 Å². The SMILES string of the molecule is Cc1nc2ccc(N(C)C(=O)c3cccc(-n4nc(C(F)(F)F)c5c4CC4CCC5N4S(=O)(=O)c4c(C)noc4C)c3)cc2o1. The second-order valence-corrected chi connectivity index (χ2v) is 13.1. The number of aryl methyl sites for hydroxylation is 3. The minimum atomic E-state index is -4.85. The van der Waals surface area contributed by atoms with Crippen LogP contribution in [-0.2, 0) is 22.6 Å². The van der Waals surface area contributed by atoms with E-state index in [0.29, 0.717) is 29.1 Å². The summed E-state index contributed by atoms with van der Waals surface area (Å²) in [4.78, 5) is 19.1. The third-order valence-corrected chi connectivity index (χ3v) is 10.7. The summed E-state index contributed by atoms with van der Waals surface area (Å²) in [6.07, 6.45) is -4.27. The highest BCUT2D eigenvalue weighted by Gasteiger charge is 2.53. The second-order valence-electron chi connectivity index (χ2n) is 11.4. The lowest BCUT2D eigenvalue weighted by Gasteiger charge is -2.34. The fraction of sp³-hybridized carbons (Fsp3) is 0.333. The molecular weight excluding hydrogens is 613 g/mol. The van der Waals surface area contributed by atoms with Crippen LogP contribution in [0.5, 0.6) is 0 Å². The van der Waals surface area contributed by atoms with E-state index in [-0.39, 0.29) is 51.7 Å². The molecule has 1 saturated heterocycles. The van der Waals surface area contributed by atoms with Gasteiger partial charge in [-0.3, -0.25) is 4.79 Å². The smallest absolute Gasteiger partial charge is 0.435 e. The van der Waals surface area contributed by atoms with Crippen LogP contribution >= 0.6 is 0 Å². The van der Waals surface area contributed by atoms with Crippen LogP contribution < -0.4 is 4.90 Å². The molecule has 0 radical (unpaired) electrons. The number of amides is 1. The van der Waals surface area contributed by atoms with E-state index in [1.165, 1.54) is 33.8 Å². The molecule has 1 amide bonds. The Hall–Kier alpha value is -4.50. The maximum absolute atomic E-state index is 14.5. The Morgan fingerprint density at radius 3 is 2.58 bits per heavy atom. The maximum Gasteiger partial charge on any atom is 0.435 e. The zero-order valence-corrected chi connectivity index (χ0v) is 25.4. The van der Waals surface area contributed by atoms with Gasteiger partial charge < -0.3 is 13.8 Å². The Morgan fingerprint density at radius 1 is 1.09 bits per heavy atom. The molecule has 45 heavy (non-hydrogen) atoms. The van der Waals surface area contributed by atoms with E-state index in [0.717, 1.165) is 0 Å². The van der Waals surface area contributed by atoms with Crippen LogP contribution in [0.2, 0.25) is 0 Å². The first-order valence-electron chi connectivity index (χ1n) is 14.2. The van der Waals surface area contributed by atoms with Crippen LogP contribution in [0, 0.1) is 20.8 Å².